The van der Waals surface area contributed by atoms with Gasteiger partial charge in [-0.25, -0.2) is 0 Å². The lowest BCUT2D eigenvalue weighted by molar-refractivity contribution is -0.0561. The van der Waals surface area contributed by atoms with Crippen LogP contribution in [0, 0.1) is 11.3 Å². The maximum absolute atomic E-state index is 9.84. The Morgan fingerprint density at radius 2 is 2.41 bits per heavy atom. The second-order valence-electron chi connectivity index (χ2n) is 6.48. The first-order chi connectivity index (χ1) is 10.8. The lowest BCUT2D eigenvalue weighted by Gasteiger charge is -2.36. The van der Waals surface area contributed by atoms with E-state index < -0.39 is 0 Å². The molecular weight excluding hydrogens is 278 g/mol. The quantitative estimate of drug-likeness (QED) is 0.817. The highest BCUT2D eigenvalue weighted by atomic mass is 16.5. The first-order valence-electron chi connectivity index (χ1n) is 7.99. The molecule has 2 saturated heterocycles. The summed E-state index contributed by atoms with van der Waals surface area (Å²) in [6, 6.07) is 8.22. The maximum atomic E-state index is 9.84. The largest absolute Gasteiger partial charge is 0.490 e. The standard InChI is InChI=1S/C18H25NO3/c1-2-7-22-17-5-3-4-15(9-17)10-19-11-16-6-8-21-14-18(16,12-19)13-20/h2-5,9,16,20H,1,6-8,10-14H2/t16-,18+/m0/s1. The Morgan fingerprint density at radius 3 is 3.18 bits per heavy atom. The number of hydrogen-bond acceptors (Lipinski definition) is 4. The van der Waals surface area contributed by atoms with E-state index in [1.807, 2.05) is 12.1 Å². The lowest BCUT2D eigenvalue weighted by Crippen LogP contribution is -2.42. The number of aliphatic hydroxyl groups excluding tert-OH is 1. The fraction of sp³-hybridized carbons (Fsp3) is 0.556. The smallest absolute Gasteiger partial charge is 0.120 e. The number of likely N-dealkylation sites (tertiary alicyclic amines) is 1. The summed E-state index contributed by atoms with van der Waals surface area (Å²) in [5.74, 6) is 1.43. The molecule has 2 aliphatic rings. The molecule has 0 saturated carbocycles. The topological polar surface area (TPSA) is 41.9 Å². The molecule has 2 atom stereocenters. The van der Waals surface area contributed by atoms with Crippen molar-refractivity contribution in [2.45, 2.75) is 13.0 Å². The summed E-state index contributed by atoms with van der Waals surface area (Å²) in [5, 5.41) is 9.84. The molecule has 3 rings (SSSR count). The second-order valence-corrected chi connectivity index (χ2v) is 6.48. The Labute approximate surface area is 132 Å². The second kappa shape index (κ2) is 6.82. The summed E-state index contributed by atoms with van der Waals surface area (Å²) in [4.78, 5) is 2.43. The third-order valence-corrected chi connectivity index (χ3v) is 4.87. The molecule has 1 N–H and O–H groups in total. The normalized spacial score (nSPS) is 28.3. The van der Waals surface area contributed by atoms with Gasteiger partial charge in [-0.2, -0.15) is 0 Å². The van der Waals surface area contributed by atoms with Gasteiger partial charge in [-0.3, -0.25) is 4.90 Å². The molecule has 2 aliphatic heterocycles. The fourth-order valence-electron chi connectivity index (χ4n) is 3.70. The monoisotopic (exact) mass is 303 g/mol. The number of hydrogen-bond donors (Lipinski definition) is 1. The zero-order chi connectivity index (χ0) is 15.4. The minimum Gasteiger partial charge on any atom is -0.490 e. The predicted octanol–water partition coefficient (Wildman–Crippen LogP) is 2.08. The van der Waals surface area contributed by atoms with Crippen LogP contribution in [0.2, 0.25) is 0 Å². The Hall–Kier alpha value is -1.36. The lowest BCUT2D eigenvalue weighted by atomic mass is 9.76. The number of ether oxygens (including phenoxy) is 2. The molecular formula is C18H25NO3. The first-order valence-corrected chi connectivity index (χ1v) is 7.99. The van der Waals surface area contributed by atoms with Crippen molar-refractivity contribution < 1.29 is 14.6 Å². The zero-order valence-corrected chi connectivity index (χ0v) is 13.0. The van der Waals surface area contributed by atoms with Crippen molar-refractivity contribution in [2.24, 2.45) is 11.3 Å². The summed E-state index contributed by atoms with van der Waals surface area (Å²) < 4.78 is 11.2. The summed E-state index contributed by atoms with van der Waals surface area (Å²) in [7, 11) is 0. The van der Waals surface area contributed by atoms with E-state index in [1.165, 1.54) is 5.56 Å². The van der Waals surface area contributed by atoms with Gasteiger partial charge >= 0.3 is 0 Å². The molecule has 0 spiro atoms. The highest BCUT2D eigenvalue weighted by molar-refractivity contribution is 5.28. The maximum Gasteiger partial charge on any atom is 0.120 e. The van der Waals surface area contributed by atoms with Crippen LogP contribution in [0.3, 0.4) is 0 Å². The minimum absolute atomic E-state index is 0.0603. The van der Waals surface area contributed by atoms with E-state index in [1.54, 1.807) is 6.08 Å². The van der Waals surface area contributed by atoms with Gasteiger partial charge in [-0.15, -0.1) is 0 Å². The van der Waals surface area contributed by atoms with Gasteiger partial charge in [0.05, 0.1) is 13.2 Å². The zero-order valence-electron chi connectivity index (χ0n) is 13.0. The predicted molar refractivity (Wildman–Crippen MR) is 85.9 cm³/mol. The molecule has 2 fully saturated rings. The van der Waals surface area contributed by atoms with E-state index in [0.717, 1.165) is 38.4 Å². The van der Waals surface area contributed by atoms with E-state index >= 15 is 0 Å². The molecule has 0 radical (unpaired) electrons. The Balaban J connectivity index is 1.65. The fourth-order valence-corrected chi connectivity index (χ4v) is 3.70. The van der Waals surface area contributed by atoms with Crippen LogP contribution in [0.5, 0.6) is 5.75 Å². The average molecular weight is 303 g/mol. The molecule has 0 bridgehead atoms. The van der Waals surface area contributed by atoms with Crippen molar-refractivity contribution in [3.8, 4) is 5.75 Å². The highest BCUT2D eigenvalue weighted by Crippen LogP contribution is 2.41. The van der Waals surface area contributed by atoms with Crippen molar-refractivity contribution in [3.05, 3.63) is 42.5 Å². The van der Waals surface area contributed by atoms with Crippen LogP contribution >= 0.6 is 0 Å². The van der Waals surface area contributed by atoms with Crippen LogP contribution in [0.4, 0.5) is 0 Å². The summed E-state index contributed by atoms with van der Waals surface area (Å²) >= 11 is 0. The van der Waals surface area contributed by atoms with Gasteiger partial charge < -0.3 is 14.6 Å². The SMILES string of the molecule is C=CCOc1cccc(CN2C[C@@H]3CCOC[C@]3(CO)C2)c1. The van der Waals surface area contributed by atoms with E-state index in [2.05, 4.69) is 23.6 Å². The first kappa shape index (κ1) is 15.5. The van der Waals surface area contributed by atoms with Gasteiger partial charge in [0.15, 0.2) is 0 Å². The van der Waals surface area contributed by atoms with Crippen molar-refractivity contribution in [1.82, 2.24) is 4.90 Å². The Morgan fingerprint density at radius 1 is 1.50 bits per heavy atom. The third kappa shape index (κ3) is 3.19. The van der Waals surface area contributed by atoms with E-state index in [9.17, 15) is 5.11 Å². The molecule has 4 nitrogen and oxygen atoms in total. The van der Waals surface area contributed by atoms with Gasteiger partial charge in [0, 0.05) is 31.7 Å². The molecule has 2 heterocycles. The van der Waals surface area contributed by atoms with Crippen LogP contribution in [-0.2, 0) is 11.3 Å². The molecule has 120 valence electrons. The third-order valence-electron chi connectivity index (χ3n) is 4.87. The van der Waals surface area contributed by atoms with Crippen molar-refractivity contribution >= 4 is 0 Å². The number of rotatable bonds is 6. The van der Waals surface area contributed by atoms with E-state index in [-0.39, 0.29) is 12.0 Å². The van der Waals surface area contributed by atoms with Gasteiger partial charge in [-0.1, -0.05) is 24.8 Å². The molecule has 22 heavy (non-hydrogen) atoms. The average Bonchev–Trinajstić information content (AvgIpc) is 2.91. The number of aliphatic hydroxyl groups is 1. The minimum atomic E-state index is -0.0603. The van der Waals surface area contributed by atoms with Crippen LogP contribution < -0.4 is 4.74 Å². The molecule has 1 aromatic rings. The van der Waals surface area contributed by atoms with Crippen molar-refractivity contribution in [3.63, 3.8) is 0 Å². The molecule has 0 amide bonds. The molecule has 0 unspecified atom stereocenters. The van der Waals surface area contributed by atoms with Gasteiger partial charge in [0.25, 0.3) is 0 Å². The highest BCUT2D eigenvalue weighted by Gasteiger charge is 2.47. The van der Waals surface area contributed by atoms with Crippen LogP contribution in [0.15, 0.2) is 36.9 Å². The van der Waals surface area contributed by atoms with Gasteiger partial charge in [0.2, 0.25) is 0 Å². The number of benzene rings is 1. The molecule has 0 aliphatic carbocycles. The van der Waals surface area contributed by atoms with Crippen molar-refractivity contribution in [1.29, 1.82) is 0 Å². The summed E-state index contributed by atoms with van der Waals surface area (Å²) in [6.45, 7) is 8.77. The van der Waals surface area contributed by atoms with Gasteiger partial charge in [-0.05, 0) is 30.0 Å². The van der Waals surface area contributed by atoms with Crippen LogP contribution in [0.25, 0.3) is 0 Å². The number of fused-ring (bicyclic) bond motifs is 1. The van der Waals surface area contributed by atoms with E-state index in [0.29, 0.717) is 19.1 Å². The molecule has 4 heteroatoms. The van der Waals surface area contributed by atoms with Crippen molar-refractivity contribution in [2.75, 3.05) is 39.5 Å². The number of nitrogens with zero attached hydrogens (tertiary/aromatic N) is 1. The summed E-state index contributed by atoms with van der Waals surface area (Å²) in [5.41, 5.74) is 1.18. The summed E-state index contributed by atoms with van der Waals surface area (Å²) in [6.07, 6.45) is 2.81. The Bertz CT molecular complexity index is 519. The Kier molecular flexibility index (Phi) is 4.81. The van der Waals surface area contributed by atoms with Gasteiger partial charge in [0.1, 0.15) is 12.4 Å². The van der Waals surface area contributed by atoms with Crippen LogP contribution in [0.1, 0.15) is 12.0 Å². The molecule has 1 aromatic carbocycles. The van der Waals surface area contributed by atoms with Crippen LogP contribution in [-0.4, -0.2) is 49.5 Å². The molecule has 0 aromatic heterocycles. The van der Waals surface area contributed by atoms with E-state index in [4.69, 9.17) is 9.47 Å².